The minimum Gasteiger partial charge on any atom is -0.342 e. The molecular formula is C17H20N4O2. The lowest BCUT2D eigenvalue weighted by atomic mass is 9.97. The molecule has 0 bridgehead atoms. The maximum absolute atomic E-state index is 12.5. The van der Waals surface area contributed by atoms with Crippen LogP contribution in [0.4, 0.5) is 5.95 Å². The van der Waals surface area contributed by atoms with E-state index in [1.54, 1.807) is 0 Å². The quantitative estimate of drug-likeness (QED) is 0.911. The second kappa shape index (κ2) is 5.68. The van der Waals surface area contributed by atoms with E-state index in [0.717, 1.165) is 43.3 Å². The van der Waals surface area contributed by atoms with Gasteiger partial charge < -0.3 is 9.88 Å². The van der Waals surface area contributed by atoms with Crippen molar-refractivity contribution in [2.75, 3.05) is 18.4 Å². The Morgan fingerprint density at radius 2 is 2.00 bits per heavy atom. The van der Waals surface area contributed by atoms with Crippen LogP contribution < -0.4 is 5.32 Å². The fourth-order valence-electron chi connectivity index (χ4n) is 3.21. The minimum atomic E-state index is -0.153. The number of hydrogen-bond acceptors (Lipinski definition) is 3. The normalized spacial score (nSPS) is 21.4. The number of aromatic amines is 1. The van der Waals surface area contributed by atoms with Gasteiger partial charge in [0.2, 0.25) is 17.8 Å². The van der Waals surface area contributed by atoms with Crippen LogP contribution in [0.3, 0.4) is 0 Å². The molecule has 1 aromatic heterocycles. The summed E-state index contributed by atoms with van der Waals surface area (Å²) >= 11 is 0. The molecule has 1 aromatic carbocycles. The molecule has 2 amide bonds. The number of aromatic nitrogens is 2. The number of carbonyl (C=O) groups is 2. The predicted molar refractivity (Wildman–Crippen MR) is 86.8 cm³/mol. The standard InChI is InChI=1S/C17H20N4O2/c22-15(20-17-18-13-5-1-2-6-14(13)19-17)12-4-3-9-21(10-12)16(23)11-7-8-11/h1-2,5-6,11-12H,3-4,7-10H2,(H2,18,19,20,22). The summed E-state index contributed by atoms with van der Waals surface area (Å²) in [6, 6.07) is 7.67. The largest absolute Gasteiger partial charge is 0.342 e. The summed E-state index contributed by atoms with van der Waals surface area (Å²) in [4.78, 5) is 34.0. The third-order valence-corrected chi connectivity index (χ3v) is 4.66. The van der Waals surface area contributed by atoms with E-state index in [1.165, 1.54) is 0 Å². The number of rotatable bonds is 3. The number of nitrogens with one attached hydrogen (secondary N) is 2. The first-order chi connectivity index (χ1) is 11.2. The molecule has 120 valence electrons. The van der Waals surface area contributed by atoms with Gasteiger partial charge in [-0.25, -0.2) is 4.98 Å². The first-order valence-corrected chi connectivity index (χ1v) is 8.25. The van der Waals surface area contributed by atoms with Crippen molar-refractivity contribution in [1.82, 2.24) is 14.9 Å². The van der Waals surface area contributed by atoms with E-state index in [1.807, 2.05) is 29.2 Å². The van der Waals surface area contributed by atoms with Gasteiger partial charge in [-0.05, 0) is 37.8 Å². The van der Waals surface area contributed by atoms with E-state index in [2.05, 4.69) is 15.3 Å². The Labute approximate surface area is 134 Å². The Morgan fingerprint density at radius 3 is 2.78 bits per heavy atom. The molecule has 2 heterocycles. The van der Waals surface area contributed by atoms with Gasteiger partial charge >= 0.3 is 0 Å². The topological polar surface area (TPSA) is 78.1 Å². The lowest BCUT2D eigenvalue weighted by Crippen LogP contribution is -2.44. The fraction of sp³-hybridized carbons (Fsp3) is 0.471. The zero-order valence-corrected chi connectivity index (χ0v) is 12.9. The average molecular weight is 312 g/mol. The molecule has 2 aliphatic rings. The Balaban J connectivity index is 1.42. The van der Waals surface area contributed by atoms with E-state index in [4.69, 9.17) is 0 Å². The molecule has 4 rings (SSSR count). The van der Waals surface area contributed by atoms with Gasteiger partial charge in [0.15, 0.2) is 0 Å². The number of benzene rings is 1. The van der Waals surface area contributed by atoms with Crippen LogP contribution in [0.1, 0.15) is 25.7 Å². The van der Waals surface area contributed by atoms with Crippen LogP contribution in [0.2, 0.25) is 0 Å². The van der Waals surface area contributed by atoms with Crippen molar-refractivity contribution >= 4 is 28.8 Å². The molecule has 23 heavy (non-hydrogen) atoms. The summed E-state index contributed by atoms with van der Waals surface area (Å²) in [5.74, 6) is 0.706. The summed E-state index contributed by atoms with van der Waals surface area (Å²) in [6.45, 7) is 1.31. The highest BCUT2D eigenvalue weighted by molar-refractivity contribution is 5.93. The van der Waals surface area contributed by atoms with Crippen LogP contribution in [-0.4, -0.2) is 39.8 Å². The highest BCUT2D eigenvalue weighted by atomic mass is 16.2. The van der Waals surface area contributed by atoms with E-state index >= 15 is 0 Å². The van der Waals surface area contributed by atoms with Gasteiger partial charge in [0.05, 0.1) is 17.0 Å². The van der Waals surface area contributed by atoms with Crippen LogP contribution in [0.25, 0.3) is 11.0 Å². The second-order valence-electron chi connectivity index (χ2n) is 6.49. The van der Waals surface area contributed by atoms with E-state index in [9.17, 15) is 9.59 Å². The maximum atomic E-state index is 12.5. The van der Waals surface area contributed by atoms with Gasteiger partial charge in [0, 0.05) is 19.0 Å². The molecule has 6 heteroatoms. The molecule has 2 fully saturated rings. The van der Waals surface area contributed by atoms with Crippen LogP contribution >= 0.6 is 0 Å². The minimum absolute atomic E-state index is 0.0580. The van der Waals surface area contributed by atoms with Gasteiger partial charge in [-0.3, -0.25) is 14.9 Å². The van der Waals surface area contributed by atoms with Crippen molar-refractivity contribution in [3.63, 3.8) is 0 Å². The number of nitrogens with zero attached hydrogens (tertiary/aromatic N) is 2. The summed E-state index contributed by atoms with van der Waals surface area (Å²) in [6.07, 6.45) is 3.72. The molecular weight excluding hydrogens is 292 g/mol. The summed E-state index contributed by atoms with van der Waals surface area (Å²) in [7, 11) is 0. The molecule has 1 aliphatic heterocycles. The average Bonchev–Trinajstić information content (AvgIpc) is 3.34. The number of H-pyrrole nitrogens is 1. The van der Waals surface area contributed by atoms with Crippen LogP contribution in [0.5, 0.6) is 0 Å². The Kier molecular flexibility index (Phi) is 3.52. The smallest absolute Gasteiger partial charge is 0.231 e. The van der Waals surface area contributed by atoms with E-state index in [-0.39, 0.29) is 23.7 Å². The third kappa shape index (κ3) is 2.93. The van der Waals surface area contributed by atoms with Crippen molar-refractivity contribution < 1.29 is 9.59 Å². The number of fused-ring (bicyclic) bond motifs is 1. The van der Waals surface area contributed by atoms with E-state index < -0.39 is 0 Å². The number of carbonyl (C=O) groups excluding carboxylic acids is 2. The zero-order chi connectivity index (χ0) is 15.8. The third-order valence-electron chi connectivity index (χ3n) is 4.66. The molecule has 2 aromatic rings. The van der Waals surface area contributed by atoms with Crippen molar-refractivity contribution in [1.29, 1.82) is 0 Å². The lowest BCUT2D eigenvalue weighted by Gasteiger charge is -2.32. The highest BCUT2D eigenvalue weighted by Crippen LogP contribution is 2.32. The first kappa shape index (κ1) is 14.2. The van der Waals surface area contributed by atoms with E-state index in [0.29, 0.717) is 12.5 Å². The van der Waals surface area contributed by atoms with Gasteiger partial charge in [-0.2, -0.15) is 0 Å². The maximum Gasteiger partial charge on any atom is 0.231 e. The van der Waals surface area contributed by atoms with Crippen LogP contribution in [0.15, 0.2) is 24.3 Å². The first-order valence-electron chi connectivity index (χ1n) is 8.25. The fourth-order valence-corrected chi connectivity index (χ4v) is 3.21. The molecule has 1 saturated carbocycles. The van der Waals surface area contributed by atoms with Crippen molar-refractivity contribution in [3.8, 4) is 0 Å². The lowest BCUT2D eigenvalue weighted by molar-refractivity contribution is -0.135. The van der Waals surface area contributed by atoms with Crippen LogP contribution in [0, 0.1) is 11.8 Å². The van der Waals surface area contributed by atoms with Crippen LogP contribution in [-0.2, 0) is 9.59 Å². The number of piperidine rings is 1. The van der Waals surface area contributed by atoms with Crippen molar-refractivity contribution in [2.45, 2.75) is 25.7 Å². The molecule has 1 unspecified atom stereocenters. The number of para-hydroxylation sites is 2. The van der Waals surface area contributed by atoms with Gasteiger partial charge in [0.1, 0.15) is 0 Å². The summed E-state index contributed by atoms with van der Waals surface area (Å²) in [5.41, 5.74) is 1.73. The molecule has 1 atom stereocenters. The Hall–Kier alpha value is -2.37. The summed E-state index contributed by atoms with van der Waals surface area (Å²) < 4.78 is 0. The SMILES string of the molecule is O=C(Nc1nc2ccccc2[nH]1)C1CCCN(C(=O)C2CC2)C1. The number of likely N-dealkylation sites (tertiary alicyclic amines) is 1. The number of amides is 2. The molecule has 1 saturated heterocycles. The molecule has 1 aliphatic carbocycles. The molecule has 6 nitrogen and oxygen atoms in total. The predicted octanol–water partition coefficient (Wildman–Crippen LogP) is 2.15. The second-order valence-corrected chi connectivity index (χ2v) is 6.49. The Bertz CT molecular complexity index is 717. The molecule has 0 spiro atoms. The van der Waals surface area contributed by atoms with Gasteiger partial charge in [-0.15, -0.1) is 0 Å². The monoisotopic (exact) mass is 312 g/mol. The number of imidazole rings is 1. The zero-order valence-electron chi connectivity index (χ0n) is 12.9. The number of anilines is 1. The van der Waals surface area contributed by atoms with Gasteiger partial charge in [-0.1, -0.05) is 12.1 Å². The van der Waals surface area contributed by atoms with Crippen molar-refractivity contribution in [3.05, 3.63) is 24.3 Å². The highest BCUT2D eigenvalue weighted by Gasteiger charge is 2.36. The van der Waals surface area contributed by atoms with Crippen molar-refractivity contribution in [2.24, 2.45) is 11.8 Å². The number of hydrogen-bond donors (Lipinski definition) is 2. The van der Waals surface area contributed by atoms with Gasteiger partial charge in [0.25, 0.3) is 0 Å². The molecule has 0 radical (unpaired) electrons. The summed E-state index contributed by atoms with van der Waals surface area (Å²) in [5, 5.41) is 2.86. The Morgan fingerprint density at radius 1 is 1.17 bits per heavy atom. The molecule has 2 N–H and O–H groups in total.